The Hall–Kier alpha value is -1.72. The van der Waals surface area contributed by atoms with Gasteiger partial charge in [-0.2, -0.15) is 5.10 Å². The monoisotopic (exact) mass is 453 g/mol. The van der Waals surface area contributed by atoms with E-state index in [-0.39, 0.29) is 17.7 Å². The molecule has 2 unspecified atom stereocenters. The Labute approximate surface area is 182 Å². The summed E-state index contributed by atoms with van der Waals surface area (Å²) >= 11 is 24.6. The average molecular weight is 455 g/mol. The third-order valence-electron chi connectivity index (χ3n) is 4.77. The van der Waals surface area contributed by atoms with Gasteiger partial charge in [0.25, 0.3) is 0 Å². The molecule has 2 atom stereocenters. The third kappa shape index (κ3) is 4.15. The number of hydrogen-bond donors (Lipinski definition) is 1. The zero-order chi connectivity index (χ0) is 19.8. The first-order chi connectivity index (χ1) is 13.4. The molecule has 1 aliphatic carbocycles. The molecular weight excluding hydrogens is 440 g/mol. The molecule has 1 N–H and O–H groups in total. The van der Waals surface area contributed by atoms with Crippen molar-refractivity contribution >= 4 is 58.1 Å². The summed E-state index contributed by atoms with van der Waals surface area (Å²) in [5.74, 6) is 0.333. The molecular formula is C20H15Cl4N3O. The van der Waals surface area contributed by atoms with Crippen LogP contribution in [0.25, 0.3) is 0 Å². The van der Waals surface area contributed by atoms with Crippen LogP contribution in [0.2, 0.25) is 20.1 Å². The Balaban J connectivity index is 1.43. The van der Waals surface area contributed by atoms with Crippen LogP contribution in [0.5, 0.6) is 0 Å². The number of anilines is 1. The van der Waals surface area contributed by atoms with Gasteiger partial charge in [-0.25, -0.2) is 0 Å². The van der Waals surface area contributed by atoms with E-state index >= 15 is 0 Å². The number of nitrogens with zero attached hydrogens (tertiary/aromatic N) is 2. The number of carbonyl (C=O) groups is 1. The van der Waals surface area contributed by atoms with Gasteiger partial charge >= 0.3 is 0 Å². The normalized spacial score (nSPS) is 18.1. The largest absolute Gasteiger partial charge is 0.308 e. The van der Waals surface area contributed by atoms with Crippen LogP contribution >= 0.6 is 46.4 Å². The van der Waals surface area contributed by atoms with Gasteiger partial charge in [0.1, 0.15) is 5.02 Å². The number of aromatic nitrogens is 2. The quantitative estimate of drug-likeness (QED) is 0.492. The molecule has 8 heteroatoms. The van der Waals surface area contributed by atoms with Crippen LogP contribution in [0.3, 0.4) is 0 Å². The minimum absolute atomic E-state index is 0.0946. The Kier molecular flexibility index (Phi) is 5.57. The molecule has 0 spiro atoms. The molecule has 1 amide bonds. The molecule has 4 nitrogen and oxygen atoms in total. The van der Waals surface area contributed by atoms with Crippen molar-refractivity contribution in [3.8, 4) is 0 Å². The number of carbonyl (C=O) groups excluding carboxylic acids is 1. The zero-order valence-corrected chi connectivity index (χ0v) is 17.5. The fraction of sp³-hybridized carbons (Fsp3) is 0.200. The molecule has 0 aliphatic heterocycles. The first kappa shape index (κ1) is 19.6. The van der Waals surface area contributed by atoms with E-state index in [9.17, 15) is 4.79 Å². The van der Waals surface area contributed by atoms with Gasteiger partial charge in [0.05, 0.1) is 6.54 Å². The second-order valence-corrected chi connectivity index (χ2v) is 8.37. The maximum atomic E-state index is 12.6. The van der Waals surface area contributed by atoms with Gasteiger partial charge in [-0.1, -0.05) is 64.6 Å². The van der Waals surface area contributed by atoms with Crippen molar-refractivity contribution in [1.82, 2.24) is 9.78 Å². The van der Waals surface area contributed by atoms with Crippen molar-refractivity contribution in [2.45, 2.75) is 18.9 Å². The molecule has 2 aromatic carbocycles. The molecule has 1 aromatic heterocycles. The molecule has 0 bridgehead atoms. The zero-order valence-electron chi connectivity index (χ0n) is 14.5. The van der Waals surface area contributed by atoms with Gasteiger partial charge in [-0.05, 0) is 42.2 Å². The van der Waals surface area contributed by atoms with Crippen molar-refractivity contribution in [2.24, 2.45) is 5.92 Å². The van der Waals surface area contributed by atoms with Crippen LogP contribution in [-0.4, -0.2) is 15.7 Å². The highest BCUT2D eigenvalue weighted by atomic mass is 35.5. The van der Waals surface area contributed by atoms with Crippen LogP contribution < -0.4 is 5.32 Å². The molecule has 28 heavy (non-hydrogen) atoms. The van der Waals surface area contributed by atoms with Gasteiger partial charge in [0.2, 0.25) is 5.91 Å². The fourth-order valence-corrected chi connectivity index (χ4v) is 4.02. The van der Waals surface area contributed by atoms with E-state index in [0.717, 1.165) is 17.5 Å². The minimum atomic E-state index is -0.0968. The van der Waals surface area contributed by atoms with E-state index in [2.05, 4.69) is 10.4 Å². The van der Waals surface area contributed by atoms with Crippen LogP contribution in [0.1, 0.15) is 23.5 Å². The van der Waals surface area contributed by atoms with E-state index in [1.807, 2.05) is 24.3 Å². The second-order valence-electron chi connectivity index (χ2n) is 6.71. The first-order valence-corrected chi connectivity index (χ1v) is 10.2. The van der Waals surface area contributed by atoms with E-state index in [1.54, 1.807) is 29.1 Å². The molecule has 4 rings (SSSR count). The smallest absolute Gasteiger partial charge is 0.229 e. The lowest BCUT2D eigenvalue weighted by atomic mass is 10.1. The molecule has 1 fully saturated rings. The van der Waals surface area contributed by atoms with Gasteiger partial charge in [0.15, 0.2) is 5.82 Å². The molecule has 0 radical (unpaired) electrons. The predicted molar refractivity (Wildman–Crippen MR) is 114 cm³/mol. The highest BCUT2D eigenvalue weighted by Crippen LogP contribution is 2.48. The van der Waals surface area contributed by atoms with Crippen molar-refractivity contribution in [2.75, 3.05) is 5.32 Å². The Bertz CT molecular complexity index is 1010. The lowest BCUT2D eigenvalue weighted by Gasteiger charge is -2.07. The van der Waals surface area contributed by atoms with E-state index in [1.165, 1.54) is 0 Å². The van der Waals surface area contributed by atoms with E-state index < -0.39 is 0 Å². The topological polar surface area (TPSA) is 46.9 Å². The molecule has 3 aromatic rings. The van der Waals surface area contributed by atoms with E-state index in [0.29, 0.717) is 32.5 Å². The summed E-state index contributed by atoms with van der Waals surface area (Å²) in [6.45, 7) is 0.352. The van der Waals surface area contributed by atoms with Crippen molar-refractivity contribution in [1.29, 1.82) is 0 Å². The summed E-state index contributed by atoms with van der Waals surface area (Å²) in [5, 5.41) is 9.33. The molecule has 1 saturated carbocycles. The Morgan fingerprint density at radius 2 is 1.71 bits per heavy atom. The number of benzene rings is 2. The maximum absolute atomic E-state index is 12.6. The maximum Gasteiger partial charge on any atom is 0.229 e. The van der Waals surface area contributed by atoms with Crippen LogP contribution in [0.4, 0.5) is 5.82 Å². The number of rotatable bonds is 5. The second kappa shape index (κ2) is 7.96. The highest BCUT2D eigenvalue weighted by molar-refractivity contribution is 6.36. The highest BCUT2D eigenvalue weighted by Gasteiger charge is 2.44. The molecule has 1 aliphatic rings. The van der Waals surface area contributed by atoms with Crippen LogP contribution in [0.15, 0.2) is 48.7 Å². The lowest BCUT2D eigenvalue weighted by molar-refractivity contribution is -0.117. The summed E-state index contributed by atoms with van der Waals surface area (Å²) in [6.07, 6.45) is 2.43. The van der Waals surface area contributed by atoms with Gasteiger partial charge in [-0.3, -0.25) is 9.48 Å². The number of hydrogen-bond acceptors (Lipinski definition) is 2. The molecule has 1 heterocycles. The van der Waals surface area contributed by atoms with Crippen LogP contribution in [-0.2, 0) is 11.3 Å². The summed E-state index contributed by atoms with van der Waals surface area (Å²) in [7, 11) is 0. The Morgan fingerprint density at radius 3 is 2.39 bits per heavy atom. The Morgan fingerprint density at radius 1 is 1.04 bits per heavy atom. The predicted octanol–water partition coefficient (Wildman–Crippen LogP) is 6.29. The SMILES string of the molecule is O=C(Nc1nn(Cc2c(Cl)cccc2Cl)cc1Cl)C1CC1c1ccc(Cl)cc1. The standard InChI is InChI=1S/C20H15Cl4N3O/c21-12-6-4-11(5-7-12)13-8-14(13)20(28)25-19-18(24)10-27(26-19)9-15-16(22)2-1-3-17(15)23/h1-7,10,13-14H,8-9H2,(H,25,26,28). The van der Waals surface area contributed by atoms with Crippen molar-refractivity contribution in [3.05, 3.63) is 79.9 Å². The lowest BCUT2D eigenvalue weighted by Crippen LogP contribution is -2.15. The summed E-state index contributed by atoms with van der Waals surface area (Å²) < 4.78 is 1.61. The molecule has 0 saturated heterocycles. The fourth-order valence-electron chi connectivity index (χ4n) is 3.18. The van der Waals surface area contributed by atoms with E-state index in [4.69, 9.17) is 46.4 Å². The van der Waals surface area contributed by atoms with Gasteiger partial charge in [0, 0.05) is 32.7 Å². The summed E-state index contributed by atoms with van der Waals surface area (Å²) in [4.78, 5) is 12.6. The van der Waals surface area contributed by atoms with Gasteiger partial charge < -0.3 is 5.32 Å². The third-order valence-corrected chi connectivity index (χ3v) is 6.00. The number of halogens is 4. The van der Waals surface area contributed by atoms with Crippen molar-refractivity contribution < 1.29 is 4.79 Å². The number of amides is 1. The summed E-state index contributed by atoms with van der Waals surface area (Å²) in [6, 6.07) is 12.9. The molecule has 144 valence electrons. The minimum Gasteiger partial charge on any atom is -0.308 e. The summed E-state index contributed by atoms with van der Waals surface area (Å²) in [5.41, 5.74) is 1.85. The van der Waals surface area contributed by atoms with Crippen molar-refractivity contribution in [3.63, 3.8) is 0 Å². The average Bonchev–Trinajstić information content (AvgIpc) is 3.38. The van der Waals surface area contributed by atoms with Crippen LogP contribution in [0, 0.1) is 5.92 Å². The number of nitrogens with one attached hydrogen (secondary N) is 1. The van der Waals surface area contributed by atoms with Gasteiger partial charge in [-0.15, -0.1) is 0 Å². The first-order valence-electron chi connectivity index (χ1n) is 8.64.